The average molecular weight is 463 g/mol. The third-order valence-corrected chi connectivity index (χ3v) is 6.15. The number of nitrogens with zero attached hydrogens (tertiary/aromatic N) is 6. The highest BCUT2D eigenvalue weighted by Crippen LogP contribution is 2.29. The van der Waals surface area contributed by atoms with E-state index in [4.69, 9.17) is 29.2 Å². The highest BCUT2D eigenvalue weighted by molar-refractivity contribution is 5.34. The topological polar surface area (TPSA) is 85.7 Å². The highest BCUT2D eigenvalue weighted by atomic mass is 16.5. The van der Waals surface area contributed by atoms with Crippen molar-refractivity contribution < 1.29 is 14.2 Å². The Hall–Kier alpha value is -3.30. The van der Waals surface area contributed by atoms with E-state index in [9.17, 15) is 0 Å². The van der Waals surface area contributed by atoms with Crippen LogP contribution in [0.25, 0.3) is 0 Å². The molecular weight excluding hydrogens is 432 g/mol. The molecule has 5 rings (SSSR count). The van der Waals surface area contributed by atoms with Crippen molar-refractivity contribution in [3.8, 4) is 17.4 Å². The summed E-state index contributed by atoms with van der Waals surface area (Å²) in [5.41, 5.74) is 1.93. The van der Waals surface area contributed by atoms with Crippen molar-refractivity contribution >= 4 is 5.95 Å². The first-order valence-corrected chi connectivity index (χ1v) is 11.7. The molecule has 34 heavy (non-hydrogen) atoms. The van der Waals surface area contributed by atoms with Crippen molar-refractivity contribution in [3.63, 3.8) is 0 Å². The Balaban J connectivity index is 1.23. The predicted octanol–water partition coefficient (Wildman–Crippen LogP) is 3.20. The molecule has 178 valence electrons. The lowest BCUT2D eigenvalue weighted by Gasteiger charge is -2.27. The molecule has 0 aliphatic carbocycles. The second-order valence-corrected chi connectivity index (χ2v) is 8.65. The fraction of sp³-hybridized carbons (Fsp3) is 0.440. The van der Waals surface area contributed by atoms with Crippen molar-refractivity contribution in [3.05, 3.63) is 59.8 Å². The molecule has 0 unspecified atom stereocenters. The lowest BCUT2D eigenvalue weighted by molar-refractivity contribution is 0.122. The Labute approximate surface area is 199 Å². The molecule has 0 N–H and O–H groups in total. The van der Waals surface area contributed by atoms with Gasteiger partial charge in [0.25, 0.3) is 0 Å². The number of methoxy groups -OCH3 is 1. The number of aromatic nitrogens is 4. The summed E-state index contributed by atoms with van der Waals surface area (Å²) in [5.74, 6) is 3.97. The predicted molar refractivity (Wildman–Crippen MR) is 128 cm³/mol. The molecule has 0 saturated carbocycles. The lowest BCUT2D eigenvalue weighted by atomic mass is 10.1. The zero-order chi connectivity index (χ0) is 23.3. The van der Waals surface area contributed by atoms with Gasteiger partial charge in [0, 0.05) is 50.1 Å². The van der Waals surface area contributed by atoms with Gasteiger partial charge >= 0.3 is 0 Å². The Kier molecular flexibility index (Phi) is 6.82. The summed E-state index contributed by atoms with van der Waals surface area (Å²) in [7, 11) is 1.65. The summed E-state index contributed by atoms with van der Waals surface area (Å²) < 4.78 is 16.7. The second-order valence-electron chi connectivity index (χ2n) is 8.65. The summed E-state index contributed by atoms with van der Waals surface area (Å²) in [5, 5.41) is 0. The minimum atomic E-state index is 0.263. The maximum absolute atomic E-state index is 6.00. The van der Waals surface area contributed by atoms with Crippen molar-refractivity contribution in [2.45, 2.75) is 25.8 Å². The molecule has 2 saturated heterocycles. The quantitative estimate of drug-likeness (QED) is 0.525. The molecule has 3 aromatic rings. The molecule has 9 heteroatoms. The van der Waals surface area contributed by atoms with Gasteiger partial charge < -0.3 is 19.1 Å². The van der Waals surface area contributed by atoms with Crippen molar-refractivity contribution in [1.82, 2.24) is 24.8 Å². The molecule has 0 bridgehead atoms. The first kappa shape index (κ1) is 22.5. The molecule has 0 spiro atoms. The van der Waals surface area contributed by atoms with Gasteiger partial charge in [-0.15, -0.1) is 0 Å². The van der Waals surface area contributed by atoms with Crippen molar-refractivity contribution in [2.75, 3.05) is 51.4 Å². The summed E-state index contributed by atoms with van der Waals surface area (Å²) in [6.45, 7) is 7.76. The van der Waals surface area contributed by atoms with Crippen LogP contribution in [0.5, 0.6) is 17.4 Å². The average Bonchev–Trinajstić information content (AvgIpc) is 3.33. The number of anilines is 1. The molecule has 4 heterocycles. The van der Waals surface area contributed by atoms with Gasteiger partial charge in [0.1, 0.15) is 17.3 Å². The maximum Gasteiger partial charge on any atom is 0.225 e. The zero-order valence-electron chi connectivity index (χ0n) is 19.7. The molecule has 2 fully saturated rings. The van der Waals surface area contributed by atoms with E-state index in [1.807, 2.05) is 49.5 Å². The number of ether oxygens (including phenoxy) is 3. The lowest BCUT2D eigenvalue weighted by Crippen LogP contribution is -2.37. The van der Waals surface area contributed by atoms with Crippen LogP contribution < -0.4 is 14.4 Å². The van der Waals surface area contributed by atoms with Gasteiger partial charge in [0.15, 0.2) is 0 Å². The van der Waals surface area contributed by atoms with Crippen LogP contribution in [0.1, 0.15) is 29.6 Å². The largest absolute Gasteiger partial charge is 0.497 e. The van der Waals surface area contributed by atoms with Crippen LogP contribution in [-0.4, -0.2) is 71.3 Å². The van der Waals surface area contributed by atoms with Gasteiger partial charge in [-0.1, -0.05) is 0 Å². The summed E-state index contributed by atoms with van der Waals surface area (Å²) in [6, 6.07) is 11.4. The SMILES string of the molecule is COc1ccc(Oc2cc(C)nc([C@@H]3CCN(Cc4ccnc(N5CCOCC5)n4)C3)n2)cc1. The van der Waals surface area contributed by atoms with Gasteiger partial charge in [-0.2, -0.15) is 4.98 Å². The van der Waals surface area contributed by atoms with Gasteiger partial charge in [-0.25, -0.2) is 15.0 Å². The van der Waals surface area contributed by atoms with E-state index in [0.29, 0.717) is 5.88 Å². The molecule has 1 atom stereocenters. The van der Waals surface area contributed by atoms with E-state index in [1.54, 1.807) is 7.11 Å². The van der Waals surface area contributed by atoms with Crippen LogP contribution in [0.15, 0.2) is 42.6 Å². The van der Waals surface area contributed by atoms with E-state index < -0.39 is 0 Å². The van der Waals surface area contributed by atoms with Crippen molar-refractivity contribution in [2.24, 2.45) is 0 Å². The van der Waals surface area contributed by atoms with E-state index in [1.165, 1.54) is 0 Å². The summed E-state index contributed by atoms with van der Waals surface area (Å²) >= 11 is 0. The number of benzene rings is 1. The monoisotopic (exact) mass is 462 g/mol. The smallest absolute Gasteiger partial charge is 0.225 e. The van der Waals surface area contributed by atoms with E-state index in [-0.39, 0.29) is 5.92 Å². The standard InChI is InChI=1S/C25H30N6O3/c1-18-15-23(34-22-5-3-21(32-2)4-6-22)29-24(27-18)19-8-10-30(16-19)17-20-7-9-26-25(28-20)31-11-13-33-14-12-31/h3-7,9,15,19H,8,10-14,16-17H2,1-2H3/t19-/m1/s1. The van der Waals surface area contributed by atoms with Gasteiger partial charge in [-0.05, 0) is 50.2 Å². The first-order valence-electron chi connectivity index (χ1n) is 11.7. The number of aryl methyl sites for hydroxylation is 1. The normalized spacial score (nSPS) is 18.8. The molecule has 0 radical (unpaired) electrons. The van der Waals surface area contributed by atoms with E-state index in [2.05, 4.69) is 14.8 Å². The molecule has 2 aliphatic heterocycles. The number of morpholine rings is 1. The minimum Gasteiger partial charge on any atom is -0.497 e. The van der Waals surface area contributed by atoms with Crippen LogP contribution in [0.3, 0.4) is 0 Å². The van der Waals surface area contributed by atoms with Crippen LogP contribution >= 0.6 is 0 Å². The van der Waals surface area contributed by atoms with Crippen LogP contribution in [0.4, 0.5) is 5.95 Å². The van der Waals surface area contributed by atoms with Gasteiger partial charge in [-0.3, -0.25) is 4.90 Å². The Bertz CT molecular complexity index is 1100. The number of likely N-dealkylation sites (tertiary alicyclic amines) is 1. The molecule has 1 aromatic carbocycles. The first-order chi connectivity index (χ1) is 16.7. The van der Waals surface area contributed by atoms with Crippen LogP contribution in [0.2, 0.25) is 0 Å². The molecule has 0 amide bonds. The van der Waals surface area contributed by atoms with Crippen LogP contribution in [0, 0.1) is 6.92 Å². The van der Waals surface area contributed by atoms with Crippen molar-refractivity contribution in [1.29, 1.82) is 0 Å². The minimum absolute atomic E-state index is 0.263. The molecule has 2 aliphatic rings. The van der Waals surface area contributed by atoms with Gasteiger partial charge in [0.05, 0.1) is 26.0 Å². The van der Waals surface area contributed by atoms with E-state index >= 15 is 0 Å². The second kappa shape index (κ2) is 10.3. The summed E-state index contributed by atoms with van der Waals surface area (Å²) in [4.78, 5) is 23.3. The Morgan fingerprint density at radius 2 is 1.79 bits per heavy atom. The number of hydrogen-bond acceptors (Lipinski definition) is 9. The Morgan fingerprint density at radius 3 is 2.59 bits per heavy atom. The molecule has 9 nitrogen and oxygen atoms in total. The van der Waals surface area contributed by atoms with E-state index in [0.717, 1.165) is 87.0 Å². The number of hydrogen-bond donors (Lipinski definition) is 0. The maximum atomic E-state index is 6.00. The third kappa shape index (κ3) is 5.43. The molecular formula is C25H30N6O3. The number of rotatable bonds is 7. The highest BCUT2D eigenvalue weighted by Gasteiger charge is 2.27. The Morgan fingerprint density at radius 1 is 1.00 bits per heavy atom. The fourth-order valence-electron chi connectivity index (χ4n) is 4.37. The third-order valence-electron chi connectivity index (χ3n) is 6.15. The van der Waals surface area contributed by atoms with Gasteiger partial charge in [0.2, 0.25) is 11.8 Å². The summed E-state index contributed by atoms with van der Waals surface area (Å²) in [6.07, 6.45) is 2.86. The fourth-order valence-corrected chi connectivity index (χ4v) is 4.37. The zero-order valence-corrected chi connectivity index (χ0v) is 19.7. The molecule has 2 aromatic heterocycles. The van der Waals surface area contributed by atoms with Crippen LogP contribution in [-0.2, 0) is 11.3 Å².